The number of rotatable bonds is 6. The fourth-order valence-electron chi connectivity index (χ4n) is 2.03. The molecule has 0 atom stereocenters. The number of likely N-dealkylation sites (N-methyl/N-ethyl adjacent to an activating group) is 1. The highest BCUT2D eigenvalue weighted by Gasteiger charge is 2.04. The quantitative estimate of drug-likeness (QED) is 0.861. The number of amides is 2. The first-order valence-electron chi connectivity index (χ1n) is 7.18. The predicted molar refractivity (Wildman–Crippen MR) is 86.4 cm³/mol. The van der Waals surface area contributed by atoms with E-state index in [9.17, 15) is 9.18 Å². The third-order valence-electron chi connectivity index (χ3n) is 3.33. The van der Waals surface area contributed by atoms with E-state index in [-0.39, 0.29) is 18.4 Å². The lowest BCUT2D eigenvalue weighted by Crippen LogP contribution is -2.39. The fourth-order valence-corrected chi connectivity index (χ4v) is 2.03. The molecule has 0 unspecified atom stereocenters. The minimum absolute atomic E-state index is 0.174. The molecule has 0 fully saturated rings. The standard InChI is InChI=1S/C17H20FN3O/c1-21(15-8-3-2-4-9-15)12-11-19-17(22)20-13-14-7-5-6-10-16(14)18/h2-10H,11-13H2,1H3,(H2,19,20,22). The number of nitrogens with zero attached hydrogens (tertiary/aromatic N) is 1. The van der Waals surface area contributed by atoms with Gasteiger partial charge in [-0.05, 0) is 18.2 Å². The summed E-state index contributed by atoms with van der Waals surface area (Å²) in [6.07, 6.45) is 0. The Kier molecular flexibility index (Phi) is 5.77. The molecule has 2 amide bonds. The zero-order valence-electron chi connectivity index (χ0n) is 12.6. The van der Waals surface area contributed by atoms with Gasteiger partial charge in [-0.1, -0.05) is 36.4 Å². The van der Waals surface area contributed by atoms with Gasteiger partial charge in [-0.25, -0.2) is 9.18 Å². The molecule has 0 aromatic heterocycles. The molecule has 2 N–H and O–H groups in total. The van der Waals surface area contributed by atoms with Gasteiger partial charge in [0.25, 0.3) is 0 Å². The van der Waals surface area contributed by atoms with Crippen LogP contribution in [0.15, 0.2) is 54.6 Å². The summed E-state index contributed by atoms with van der Waals surface area (Å²) >= 11 is 0. The van der Waals surface area contributed by atoms with Crippen molar-refractivity contribution in [3.05, 3.63) is 66.0 Å². The van der Waals surface area contributed by atoms with Gasteiger partial charge >= 0.3 is 6.03 Å². The molecule has 0 aliphatic carbocycles. The summed E-state index contributed by atoms with van der Waals surface area (Å²) in [4.78, 5) is 13.7. The zero-order chi connectivity index (χ0) is 15.8. The van der Waals surface area contributed by atoms with Gasteiger partial charge < -0.3 is 15.5 Å². The molecule has 0 aliphatic rings. The van der Waals surface area contributed by atoms with Gasteiger partial charge in [-0.15, -0.1) is 0 Å². The Bertz CT molecular complexity index is 604. The molecular formula is C17H20FN3O. The van der Waals surface area contributed by atoms with E-state index >= 15 is 0 Å². The molecule has 0 saturated carbocycles. The van der Waals surface area contributed by atoms with E-state index < -0.39 is 0 Å². The van der Waals surface area contributed by atoms with E-state index in [2.05, 4.69) is 15.5 Å². The minimum atomic E-state index is -0.313. The highest BCUT2D eigenvalue weighted by Crippen LogP contribution is 2.09. The van der Waals surface area contributed by atoms with Crippen LogP contribution in [-0.2, 0) is 6.54 Å². The minimum Gasteiger partial charge on any atom is -0.373 e. The topological polar surface area (TPSA) is 44.4 Å². The first-order valence-corrected chi connectivity index (χ1v) is 7.18. The third-order valence-corrected chi connectivity index (χ3v) is 3.33. The average molecular weight is 301 g/mol. The number of anilines is 1. The second-order valence-corrected chi connectivity index (χ2v) is 4.96. The Labute approximate surface area is 129 Å². The second kappa shape index (κ2) is 8.02. The first kappa shape index (κ1) is 15.8. The number of carbonyl (C=O) groups is 1. The molecule has 0 radical (unpaired) electrons. The molecule has 2 rings (SSSR count). The van der Waals surface area contributed by atoms with Crippen molar-refractivity contribution in [2.45, 2.75) is 6.54 Å². The van der Waals surface area contributed by atoms with Gasteiger partial charge in [0.2, 0.25) is 0 Å². The lowest BCUT2D eigenvalue weighted by Gasteiger charge is -2.19. The van der Waals surface area contributed by atoms with Crippen molar-refractivity contribution >= 4 is 11.7 Å². The molecule has 5 heteroatoms. The van der Waals surface area contributed by atoms with Crippen LogP contribution in [0.2, 0.25) is 0 Å². The maximum absolute atomic E-state index is 13.4. The Hall–Kier alpha value is -2.56. The third kappa shape index (κ3) is 4.77. The first-order chi connectivity index (χ1) is 10.7. The number of urea groups is 1. The van der Waals surface area contributed by atoms with Crippen LogP contribution in [0.4, 0.5) is 14.9 Å². The number of hydrogen-bond acceptors (Lipinski definition) is 2. The smallest absolute Gasteiger partial charge is 0.315 e. The van der Waals surface area contributed by atoms with Gasteiger partial charge in [0.05, 0.1) is 0 Å². The molecule has 0 bridgehead atoms. The number of hydrogen-bond donors (Lipinski definition) is 2. The molecule has 116 valence electrons. The summed E-state index contributed by atoms with van der Waals surface area (Å²) in [5.41, 5.74) is 1.56. The molecule has 0 aliphatic heterocycles. The molecular weight excluding hydrogens is 281 g/mol. The van der Waals surface area contributed by atoms with Crippen LogP contribution >= 0.6 is 0 Å². The summed E-state index contributed by atoms with van der Waals surface area (Å²) in [7, 11) is 1.97. The number of halogens is 1. The Balaban J connectivity index is 1.69. The van der Waals surface area contributed by atoms with Gasteiger partial charge in [0.15, 0.2) is 0 Å². The molecule has 0 saturated heterocycles. The number of carbonyl (C=O) groups excluding carboxylic acids is 1. The SMILES string of the molecule is CN(CCNC(=O)NCc1ccccc1F)c1ccccc1. The van der Waals surface area contributed by atoms with E-state index in [0.29, 0.717) is 18.7 Å². The largest absolute Gasteiger partial charge is 0.373 e. The predicted octanol–water partition coefficient (Wildman–Crippen LogP) is 2.76. The van der Waals surface area contributed by atoms with E-state index in [4.69, 9.17) is 0 Å². The summed E-state index contributed by atoms with van der Waals surface area (Å²) in [5.74, 6) is -0.313. The van der Waals surface area contributed by atoms with Crippen molar-refractivity contribution in [1.82, 2.24) is 10.6 Å². The molecule has 4 nitrogen and oxygen atoms in total. The Morgan fingerprint density at radius 3 is 2.45 bits per heavy atom. The van der Waals surface area contributed by atoms with E-state index in [1.165, 1.54) is 6.07 Å². The van der Waals surface area contributed by atoms with Gasteiger partial charge in [-0.3, -0.25) is 0 Å². The maximum atomic E-state index is 13.4. The summed E-state index contributed by atoms with van der Waals surface area (Å²) in [5, 5.41) is 5.40. The maximum Gasteiger partial charge on any atom is 0.315 e. The van der Waals surface area contributed by atoms with Crippen LogP contribution in [0.1, 0.15) is 5.56 Å². The van der Waals surface area contributed by atoms with Crippen LogP contribution in [-0.4, -0.2) is 26.2 Å². The molecule has 2 aromatic carbocycles. The molecule has 22 heavy (non-hydrogen) atoms. The van der Waals surface area contributed by atoms with Gasteiger partial charge in [0.1, 0.15) is 5.82 Å². The highest BCUT2D eigenvalue weighted by atomic mass is 19.1. The lowest BCUT2D eigenvalue weighted by atomic mass is 10.2. The summed E-state index contributed by atoms with van der Waals surface area (Å²) in [6, 6.07) is 16.0. The van der Waals surface area contributed by atoms with Crippen LogP contribution in [0.5, 0.6) is 0 Å². The number of para-hydroxylation sites is 1. The van der Waals surface area contributed by atoms with E-state index in [1.807, 2.05) is 37.4 Å². The van der Waals surface area contributed by atoms with Crippen molar-refractivity contribution in [1.29, 1.82) is 0 Å². The second-order valence-electron chi connectivity index (χ2n) is 4.96. The highest BCUT2D eigenvalue weighted by molar-refractivity contribution is 5.73. The number of nitrogens with one attached hydrogen (secondary N) is 2. The zero-order valence-corrected chi connectivity index (χ0v) is 12.6. The van der Waals surface area contributed by atoms with Gasteiger partial charge in [0, 0.05) is 37.9 Å². The monoisotopic (exact) mass is 301 g/mol. The van der Waals surface area contributed by atoms with Gasteiger partial charge in [-0.2, -0.15) is 0 Å². The number of benzene rings is 2. The Morgan fingerprint density at radius 1 is 1.05 bits per heavy atom. The van der Waals surface area contributed by atoms with Crippen molar-refractivity contribution in [2.24, 2.45) is 0 Å². The Morgan fingerprint density at radius 2 is 1.73 bits per heavy atom. The van der Waals surface area contributed by atoms with Crippen molar-refractivity contribution < 1.29 is 9.18 Å². The molecule has 0 spiro atoms. The van der Waals surface area contributed by atoms with E-state index in [0.717, 1.165) is 5.69 Å². The van der Waals surface area contributed by atoms with Crippen LogP contribution in [0.3, 0.4) is 0 Å². The van der Waals surface area contributed by atoms with Crippen LogP contribution in [0.25, 0.3) is 0 Å². The van der Waals surface area contributed by atoms with Crippen molar-refractivity contribution in [2.75, 3.05) is 25.0 Å². The van der Waals surface area contributed by atoms with Crippen LogP contribution < -0.4 is 15.5 Å². The molecule has 0 heterocycles. The lowest BCUT2D eigenvalue weighted by molar-refractivity contribution is 0.240. The summed E-state index contributed by atoms with van der Waals surface area (Å²) < 4.78 is 13.4. The molecule has 2 aromatic rings. The van der Waals surface area contributed by atoms with Crippen LogP contribution in [0, 0.1) is 5.82 Å². The normalized spacial score (nSPS) is 10.1. The summed E-state index contributed by atoms with van der Waals surface area (Å²) in [6.45, 7) is 1.37. The van der Waals surface area contributed by atoms with Crippen molar-refractivity contribution in [3.63, 3.8) is 0 Å². The van der Waals surface area contributed by atoms with Crippen molar-refractivity contribution in [3.8, 4) is 0 Å². The van der Waals surface area contributed by atoms with E-state index in [1.54, 1.807) is 18.2 Å². The fraction of sp³-hybridized carbons (Fsp3) is 0.235. The average Bonchev–Trinajstić information content (AvgIpc) is 2.55.